The predicted molar refractivity (Wildman–Crippen MR) is 67.7 cm³/mol. The second-order valence-electron chi connectivity index (χ2n) is 3.85. The Morgan fingerprint density at radius 1 is 1.41 bits per heavy atom. The van der Waals surface area contributed by atoms with Gasteiger partial charge in [0.05, 0.1) is 0 Å². The maximum Gasteiger partial charge on any atom is 0.165 e. The molecule has 1 unspecified atom stereocenters. The van der Waals surface area contributed by atoms with Crippen molar-refractivity contribution < 1.29 is 9.13 Å². The van der Waals surface area contributed by atoms with E-state index in [1.54, 1.807) is 23.5 Å². The summed E-state index contributed by atoms with van der Waals surface area (Å²) in [7, 11) is 0. The van der Waals surface area contributed by atoms with Crippen LogP contribution in [0.15, 0.2) is 35.7 Å². The molecule has 0 spiro atoms. The largest absolute Gasteiger partial charge is 0.485 e. The van der Waals surface area contributed by atoms with E-state index in [1.807, 2.05) is 24.4 Å². The number of benzene rings is 1. The lowest BCUT2D eigenvalue weighted by Gasteiger charge is -2.09. The van der Waals surface area contributed by atoms with Crippen molar-refractivity contribution in [3.05, 3.63) is 52.0 Å². The van der Waals surface area contributed by atoms with Crippen LogP contribution >= 0.6 is 11.3 Å². The topological polar surface area (TPSA) is 35.2 Å². The van der Waals surface area contributed by atoms with Gasteiger partial charge in [-0.15, -0.1) is 11.3 Å². The summed E-state index contributed by atoms with van der Waals surface area (Å²) in [6, 6.07) is 8.57. The lowest BCUT2D eigenvalue weighted by molar-refractivity contribution is 0.293. The summed E-state index contributed by atoms with van der Waals surface area (Å²) in [6.07, 6.45) is 0. The van der Waals surface area contributed by atoms with Crippen molar-refractivity contribution in [2.75, 3.05) is 0 Å². The molecule has 0 fully saturated rings. The van der Waals surface area contributed by atoms with Crippen LogP contribution in [-0.4, -0.2) is 0 Å². The highest BCUT2D eigenvalue weighted by Crippen LogP contribution is 2.22. The first kappa shape index (κ1) is 12.1. The van der Waals surface area contributed by atoms with Crippen molar-refractivity contribution in [2.45, 2.75) is 19.6 Å². The summed E-state index contributed by atoms with van der Waals surface area (Å²) in [5, 5.41) is 1.97. The summed E-state index contributed by atoms with van der Waals surface area (Å²) >= 11 is 1.59. The first-order chi connectivity index (χ1) is 8.16. The quantitative estimate of drug-likeness (QED) is 0.902. The Morgan fingerprint density at radius 3 is 2.82 bits per heavy atom. The van der Waals surface area contributed by atoms with Crippen molar-refractivity contribution in [1.29, 1.82) is 0 Å². The highest BCUT2D eigenvalue weighted by Gasteiger charge is 2.07. The minimum Gasteiger partial charge on any atom is -0.485 e. The van der Waals surface area contributed by atoms with Crippen LogP contribution in [0.4, 0.5) is 4.39 Å². The molecule has 0 aliphatic carbocycles. The normalized spacial score (nSPS) is 12.4. The van der Waals surface area contributed by atoms with Gasteiger partial charge in [-0.2, -0.15) is 0 Å². The Hall–Kier alpha value is -1.39. The fraction of sp³-hybridized carbons (Fsp3) is 0.231. The summed E-state index contributed by atoms with van der Waals surface area (Å²) in [5.41, 5.74) is 6.45. The van der Waals surface area contributed by atoms with Crippen LogP contribution < -0.4 is 10.5 Å². The zero-order valence-electron chi connectivity index (χ0n) is 9.52. The van der Waals surface area contributed by atoms with E-state index in [-0.39, 0.29) is 17.6 Å². The molecule has 0 amide bonds. The van der Waals surface area contributed by atoms with Crippen molar-refractivity contribution in [1.82, 2.24) is 0 Å². The molecule has 2 rings (SSSR count). The number of nitrogens with two attached hydrogens (primary N) is 1. The molecule has 90 valence electrons. The van der Waals surface area contributed by atoms with Crippen LogP contribution in [-0.2, 0) is 6.61 Å². The molecule has 1 aromatic carbocycles. The van der Waals surface area contributed by atoms with E-state index in [0.717, 1.165) is 10.4 Å². The van der Waals surface area contributed by atoms with Crippen LogP contribution in [0.25, 0.3) is 0 Å². The molecule has 2 N–H and O–H groups in total. The van der Waals surface area contributed by atoms with Gasteiger partial charge < -0.3 is 10.5 Å². The summed E-state index contributed by atoms with van der Waals surface area (Å²) in [6.45, 7) is 2.22. The van der Waals surface area contributed by atoms with Gasteiger partial charge in [0.2, 0.25) is 0 Å². The first-order valence-electron chi connectivity index (χ1n) is 5.37. The Labute approximate surface area is 104 Å². The number of thiophene rings is 1. The second-order valence-corrected chi connectivity index (χ2v) is 4.88. The standard InChI is InChI=1S/C13H14FNOS/c1-9(15)10-4-5-13(12(14)7-10)16-8-11-3-2-6-17-11/h2-7,9H,8,15H2,1H3. The highest BCUT2D eigenvalue weighted by molar-refractivity contribution is 7.09. The number of rotatable bonds is 4. The molecule has 0 bridgehead atoms. The molecule has 2 aromatic rings. The van der Waals surface area contributed by atoms with Gasteiger partial charge in [0.25, 0.3) is 0 Å². The van der Waals surface area contributed by atoms with Crippen LogP contribution in [0.1, 0.15) is 23.4 Å². The molecule has 1 aromatic heterocycles. The van der Waals surface area contributed by atoms with Crippen molar-refractivity contribution in [2.24, 2.45) is 5.73 Å². The van der Waals surface area contributed by atoms with Crippen LogP contribution in [0.2, 0.25) is 0 Å². The number of ether oxygens (including phenoxy) is 1. The molecule has 0 radical (unpaired) electrons. The lowest BCUT2D eigenvalue weighted by atomic mass is 10.1. The fourth-order valence-corrected chi connectivity index (χ4v) is 2.08. The van der Waals surface area contributed by atoms with Gasteiger partial charge in [-0.3, -0.25) is 0 Å². The molecule has 1 heterocycles. The van der Waals surface area contributed by atoms with E-state index >= 15 is 0 Å². The van der Waals surface area contributed by atoms with Crippen LogP contribution in [0.3, 0.4) is 0 Å². The van der Waals surface area contributed by atoms with Crippen molar-refractivity contribution in [3.8, 4) is 5.75 Å². The van der Waals surface area contributed by atoms with Crippen LogP contribution in [0.5, 0.6) is 5.75 Å². The van der Waals surface area contributed by atoms with E-state index in [9.17, 15) is 4.39 Å². The molecular formula is C13H14FNOS. The molecule has 4 heteroatoms. The fourth-order valence-electron chi connectivity index (χ4n) is 1.46. The number of halogens is 1. The molecule has 0 saturated heterocycles. The number of hydrogen-bond donors (Lipinski definition) is 1. The molecule has 2 nitrogen and oxygen atoms in total. The van der Waals surface area contributed by atoms with E-state index < -0.39 is 0 Å². The van der Waals surface area contributed by atoms with E-state index in [4.69, 9.17) is 10.5 Å². The first-order valence-corrected chi connectivity index (χ1v) is 6.25. The zero-order valence-corrected chi connectivity index (χ0v) is 10.3. The maximum absolute atomic E-state index is 13.7. The lowest BCUT2D eigenvalue weighted by Crippen LogP contribution is -2.05. The third-order valence-electron chi connectivity index (χ3n) is 2.43. The number of hydrogen-bond acceptors (Lipinski definition) is 3. The Morgan fingerprint density at radius 2 is 2.24 bits per heavy atom. The summed E-state index contributed by atoms with van der Waals surface area (Å²) < 4.78 is 19.1. The third-order valence-corrected chi connectivity index (χ3v) is 3.28. The van der Waals surface area contributed by atoms with E-state index in [1.165, 1.54) is 6.07 Å². The van der Waals surface area contributed by atoms with Crippen molar-refractivity contribution in [3.63, 3.8) is 0 Å². The minimum absolute atomic E-state index is 0.171. The highest BCUT2D eigenvalue weighted by atomic mass is 32.1. The van der Waals surface area contributed by atoms with Gasteiger partial charge >= 0.3 is 0 Å². The van der Waals surface area contributed by atoms with Gasteiger partial charge in [0.15, 0.2) is 11.6 Å². The molecular weight excluding hydrogens is 237 g/mol. The van der Waals surface area contributed by atoms with E-state index in [0.29, 0.717) is 6.61 Å². The summed E-state index contributed by atoms with van der Waals surface area (Å²) in [5.74, 6) is -0.0980. The summed E-state index contributed by atoms with van der Waals surface area (Å²) in [4.78, 5) is 1.07. The van der Waals surface area contributed by atoms with Gasteiger partial charge in [0, 0.05) is 10.9 Å². The third kappa shape index (κ3) is 3.05. The average Bonchev–Trinajstić information content (AvgIpc) is 2.80. The molecule has 0 saturated carbocycles. The van der Waals surface area contributed by atoms with Crippen LogP contribution in [0, 0.1) is 5.82 Å². The molecule has 17 heavy (non-hydrogen) atoms. The van der Waals surface area contributed by atoms with Gasteiger partial charge in [0.1, 0.15) is 6.61 Å². The molecule has 0 aliphatic heterocycles. The molecule has 0 aliphatic rings. The van der Waals surface area contributed by atoms with Crippen molar-refractivity contribution >= 4 is 11.3 Å². The average molecular weight is 251 g/mol. The predicted octanol–water partition coefficient (Wildman–Crippen LogP) is 3.49. The van der Waals surface area contributed by atoms with Gasteiger partial charge in [-0.05, 0) is 36.1 Å². The maximum atomic E-state index is 13.7. The Bertz CT molecular complexity index is 482. The SMILES string of the molecule is CC(N)c1ccc(OCc2cccs2)c(F)c1. The molecule has 1 atom stereocenters. The Kier molecular flexibility index (Phi) is 3.76. The monoisotopic (exact) mass is 251 g/mol. The van der Waals surface area contributed by atoms with E-state index in [2.05, 4.69) is 0 Å². The smallest absolute Gasteiger partial charge is 0.165 e. The second kappa shape index (κ2) is 5.29. The van der Waals surface area contributed by atoms with Gasteiger partial charge in [-0.25, -0.2) is 4.39 Å². The van der Waals surface area contributed by atoms with Gasteiger partial charge in [-0.1, -0.05) is 12.1 Å². The zero-order chi connectivity index (χ0) is 12.3. The Balaban J connectivity index is 2.06. The minimum atomic E-state index is -0.364.